The van der Waals surface area contributed by atoms with Crippen molar-refractivity contribution in [3.8, 4) is 11.5 Å². The molecule has 4 heteroatoms. The first-order valence-corrected chi connectivity index (χ1v) is 7.14. The minimum absolute atomic E-state index is 0.0910. The zero-order chi connectivity index (χ0) is 15.2. The first-order chi connectivity index (χ1) is 10.2. The largest absolute Gasteiger partial charge is 0.493 e. The van der Waals surface area contributed by atoms with Crippen molar-refractivity contribution < 1.29 is 14.3 Å². The van der Waals surface area contributed by atoms with Crippen LogP contribution in [0.25, 0.3) is 6.08 Å². The number of carbonyl (C=O) groups excluding carboxylic acids is 1. The molecule has 0 unspecified atom stereocenters. The Bertz CT molecular complexity index is 677. The molecular weight excluding hydrogens is 332 g/mol. The molecule has 2 aromatic rings. The highest BCUT2D eigenvalue weighted by molar-refractivity contribution is 9.10. The van der Waals surface area contributed by atoms with Crippen LogP contribution in [0.3, 0.4) is 0 Å². The van der Waals surface area contributed by atoms with Crippen LogP contribution in [0.5, 0.6) is 11.5 Å². The summed E-state index contributed by atoms with van der Waals surface area (Å²) in [5, 5.41) is 0. The van der Waals surface area contributed by atoms with Crippen molar-refractivity contribution in [1.29, 1.82) is 0 Å². The van der Waals surface area contributed by atoms with Crippen molar-refractivity contribution in [3.05, 3.63) is 64.1 Å². The van der Waals surface area contributed by atoms with E-state index in [4.69, 9.17) is 9.47 Å². The first-order valence-electron chi connectivity index (χ1n) is 6.34. The van der Waals surface area contributed by atoms with Crippen LogP contribution in [-0.2, 0) is 0 Å². The fourth-order valence-corrected chi connectivity index (χ4v) is 2.28. The number of methoxy groups -OCH3 is 2. The number of hydrogen-bond acceptors (Lipinski definition) is 3. The Kier molecular flexibility index (Phi) is 5.17. The van der Waals surface area contributed by atoms with Gasteiger partial charge >= 0.3 is 0 Å². The predicted octanol–water partition coefficient (Wildman–Crippen LogP) is 4.36. The zero-order valence-electron chi connectivity index (χ0n) is 11.8. The van der Waals surface area contributed by atoms with Crippen LogP contribution in [0.2, 0.25) is 0 Å². The van der Waals surface area contributed by atoms with Gasteiger partial charge in [0, 0.05) is 10.0 Å². The molecule has 2 aromatic carbocycles. The molecule has 3 nitrogen and oxygen atoms in total. The third-order valence-electron chi connectivity index (χ3n) is 2.99. The molecular formula is C17H15BrO3. The monoisotopic (exact) mass is 346 g/mol. The summed E-state index contributed by atoms with van der Waals surface area (Å²) >= 11 is 3.45. The van der Waals surface area contributed by atoms with Crippen molar-refractivity contribution in [3.63, 3.8) is 0 Å². The van der Waals surface area contributed by atoms with Gasteiger partial charge in [-0.3, -0.25) is 4.79 Å². The Morgan fingerprint density at radius 2 is 1.76 bits per heavy atom. The van der Waals surface area contributed by atoms with Gasteiger partial charge in [0.1, 0.15) is 0 Å². The second-order valence-corrected chi connectivity index (χ2v) is 5.14. The maximum Gasteiger partial charge on any atom is 0.185 e. The van der Waals surface area contributed by atoms with Crippen LogP contribution in [0, 0.1) is 0 Å². The highest BCUT2D eigenvalue weighted by atomic mass is 79.9. The molecule has 2 rings (SSSR count). The van der Waals surface area contributed by atoms with E-state index in [9.17, 15) is 4.79 Å². The normalized spacial score (nSPS) is 10.6. The van der Waals surface area contributed by atoms with Crippen LogP contribution < -0.4 is 9.47 Å². The quantitative estimate of drug-likeness (QED) is 0.595. The number of rotatable bonds is 5. The van der Waals surface area contributed by atoms with E-state index in [2.05, 4.69) is 15.9 Å². The van der Waals surface area contributed by atoms with Gasteiger partial charge in [-0.25, -0.2) is 0 Å². The Morgan fingerprint density at radius 1 is 1.05 bits per heavy atom. The van der Waals surface area contributed by atoms with Crippen molar-refractivity contribution in [2.24, 2.45) is 0 Å². The molecule has 108 valence electrons. The summed E-state index contributed by atoms with van der Waals surface area (Å²) in [5.74, 6) is 1.05. The lowest BCUT2D eigenvalue weighted by atomic mass is 10.1. The summed E-state index contributed by atoms with van der Waals surface area (Å²) in [6.45, 7) is 0. The first kappa shape index (κ1) is 15.3. The molecule has 0 radical (unpaired) electrons. The van der Waals surface area contributed by atoms with Crippen molar-refractivity contribution in [2.75, 3.05) is 14.2 Å². The van der Waals surface area contributed by atoms with Crippen LogP contribution >= 0.6 is 15.9 Å². The van der Waals surface area contributed by atoms with Crippen LogP contribution in [-0.4, -0.2) is 20.0 Å². The zero-order valence-corrected chi connectivity index (χ0v) is 13.4. The third kappa shape index (κ3) is 3.73. The minimum atomic E-state index is -0.0910. The number of benzene rings is 2. The molecule has 0 bridgehead atoms. The van der Waals surface area contributed by atoms with Crippen LogP contribution in [0.15, 0.2) is 53.0 Å². The summed E-state index contributed by atoms with van der Waals surface area (Å²) in [6, 6.07) is 12.8. The topological polar surface area (TPSA) is 35.5 Å². The summed E-state index contributed by atoms with van der Waals surface area (Å²) in [7, 11) is 3.11. The molecule has 0 fully saturated rings. The molecule has 0 spiro atoms. The molecule has 21 heavy (non-hydrogen) atoms. The van der Waals surface area contributed by atoms with Gasteiger partial charge in [0.05, 0.1) is 14.2 Å². The third-order valence-corrected chi connectivity index (χ3v) is 3.71. The SMILES string of the molecule is COc1ccc(C(=O)/C=C/c2ccccc2Br)cc1OC. The van der Waals surface area contributed by atoms with Gasteiger partial charge in [0.15, 0.2) is 17.3 Å². The lowest BCUT2D eigenvalue weighted by Crippen LogP contribution is -1.97. The average Bonchev–Trinajstić information content (AvgIpc) is 2.53. The molecule has 0 atom stereocenters. The lowest BCUT2D eigenvalue weighted by Gasteiger charge is -2.08. The molecule has 0 saturated heterocycles. The van der Waals surface area contributed by atoms with E-state index >= 15 is 0 Å². The summed E-state index contributed by atoms with van der Waals surface area (Å²) in [4.78, 5) is 12.2. The second-order valence-electron chi connectivity index (χ2n) is 4.29. The van der Waals surface area contributed by atoms with Crippen LogP contribution in [0.1, 0.15) is 15.9 Å². The van der Waals surface area contributed by atoms with Gasteiger partial charge in [-0.05, 0) is 42.0 Å². The summed E-state index contributed by atoms with van der Waals surface area (Å²) in [6.07, 6.45) is 3.32. The predicted molar refractivity (Wildman–Crippen MR) is 87.1 cm³/mol. The Hall–Kier alpha value is -2.07. The van der Waals surface area contributed by atoms with E-state index in [1.165, 1.54) is 0 Å². The number of allylic oxidation sites excluding steroid dienone is 1. The van der Waals surface area contributed by atoms with Crippen molar-refractivity contribution >= 4 is 27.8 Å². The molecule has 0 heterocycles. The van der Waals surface area contributed by atoms with E-state index in [-0.39, 0.29) is 5.78 Å². The maximum absolute atomic E-state index is 12.2. The summed E-state index contributed by atoms with van der Waals surface area (Å²) < 4.78 is 11.3. The molecule has 0 N–H and O–H groups in total. The van der Waals surface area contributed by atoms with Gasteiger partial charge in [-0.15, -0.1) is 0 Å². The molecule has 0 aliphatic rings. The molecule has 0 aromatic heterocycles. The highest BCUT2D eigenvalue weighted by Crippen LogP contribution is 2.28. The van der Waals surface area contributed by atoms with Gasteiger partial charge in [0.2, 0.25) is 0 Å². The average molecular weight is 347 g/mol. The van der Waals surface area contributed by atoms with Gasteiger partial charge in [-0.1, -0.05) is 34.1 Å². The number of hydrogen-bond donors (Lipinski definition) is 0. The molecule has 0 aliphatic heterocycles. The Morgan fingerprint density at radius 3 is 2.43 bits per heavy atom. The Balaban J connectivity index is 2.23. The standard InChI is InChI=1S/C17H15BrO3/c1-20-16-10-8-13(11-17(16)21-2)15(19)9-7-12-5-3-4-6-14(12)18/h3-11H,1-2H3/b9-7+. The number of carbonyl (C=O) groups is 1. The molecule has 0 aliphatic carbocycles. The minimum Gasteiger partial charge on any atom is -0.493 e. The van der Waals surface area contributed by atoms with E-state index in [0.717, 1.165) is 10.0 Å². The van der Waals surface area contributed by atoms with E-state index in [1.54, 1.807) is 44.6 Å². The van der Waals surface area contributed by atoms with Crippen molar-refractivity contribution in [2.45, 2.75) is 0 Å². The smallest absolute Gasteiger partial charge is 0.185 e. The number of halogens is 1. The van der Waals surface area contributed by atoms with Gasteiger partial charge in [-0.2, -0.15) is 0 Å². The van der Waals surface area contributed by atoms with Gasteiger partial charge in [0.25, 0.3) is 0 Å². The van der Waals surface area contributed by atoms with Gasteiger partial charge < -0.3 is 9.47 Å². The van der Waals surface area contributed by atoms with E-state index in [1.807, 2.05) is 24.3 Å². The highest BCUT2D eigenvalue weighted by Gasteiger charge is 2.08. The molecule has 0 amide bonds. The second kappa shape index (κ2) is 7.09. The summed E-state index contributed by atoms with van der Waals surface area (Å²) in [5.41, 5.74) is 1.50. The Labute approximate surface area is 132 Å². The fourth-order valence-electron chi connectivity index (χ4n) is 1.86. The van der Waals surface area contributed by atoms with Crippen molar-refractivity contribution in [1.82, 2.24) is 0 Å². The lowest BCUT2D eigenvalue weighted by molar-refractivity contribution is 0.104. The van der Waals surface area contributed by atoms with E-state index < -0.39 is 0 Å². The maximum atomic E-state index is 12.2. The number of ketones is 1. The van der Waals surface area contributed by atoms with E-state index in [0.29, 0.717) is 17.1 Å². The molecule has 0 saturated carbocycles. The van der Waals surface area contributed by atoms with Crippen LogP contribution in [0.4, 0.5) is 0 Å². The fraction of sp³-hybridized carbons (Fsp3) is 0.118. The number of ether oxygens (including phenoxy) is 2.